The highest BCUT2D eigenvalue weighted by atomic mass is 35.5. The van der Waals surface area contributed by atoms with Crippen molar-refractivity contribution in [3.8, 4) is 23.0 Å². The number of ether oxygens (including phenoxy) is 2. The van der Waals surface area contributed by atoms with Gasteiger partial charge in [0, 0.05) is 6.54 Å². The lowest BCUT2D eigenvalue weighted by Gasteiger charge is -2.43. The molecule has 1 aromatic carbocycles. The fourth-order valence-corrected chi connectivity index (χ4v) is 4.62. The number of nitrogens with zero attached hydrogens (tertiary/aromatic N) is 3. The van der Waals surface area contributed by atoms with Gasteiger partial charge < -0.3 is 23.9 Å². The second-order valence-corrected chi connectivity index (χ2v) is 7.80. The van der Waals surface area contributed by atoms with E-state index in [4.69, 9.17) is 30.6 Å². The molecule has 11 heteroatoms. The lowest BCUT2D eigenvalue weighted by Crippen LogP contribution is -2.49. The molecule has 4 aliphatic rings. The van der Waals surface area contributed by atoms with E-state index in [0.717, 1.165) is 32.5 Å². The van der Waals surface area contributed by atoms with E-state index in [9.17, 15) is 9.59 Å². The largest absolute Gasteiger partial charge is 0.485 e. The number of amides is 1. The second-order valence-electron chi connectivity index (χ2n) is 7.39. The number of rotatable bonds is 3. The molecular weight excluding hydrogens is 404 g/mol. The van der Waals surface area contributed by atoms with E-state index in [1.54, 1.807) is 0 Å². The van der Waals surface area contributed by atoms with Crippen LogP contribution in [0.25, 0.3) is 11.5 Å². The Labute approximate surface area is 169 Å². The molecule has 0 saturated carbocycles. The number of anilines is 1. The number of fused-ring (bicyclic) bond motifs is 4. The monoisotopic (exact) mass is 422 g/mol. The van der Waals surface area contributed by atoms with Crippen LogP contribution in [-0.4, -0.2) is 58.7 Å². The zero-order chi connectivity index (χ0) is 20.1. The Morgan fingerprint density at radius 1 is 1.24 bits per heavy atom. The van der Waals surface area contributed by atoms with Gasteiger partial charge in [0.05, 0.1) is 16.6 Å². The summed E-state index contributed by atoms with van der Waals surface area (Å²) in [6.07, 6.45) is 0.786. The van der Waals surface area contributed by atoms with Gasteiger partial charge in [-0.2, -0.15) is 4.68 Å². The van der Waals surface area contributed by atoms with E-state index in [0.29, 0.717) is 11.5 Å². The number of hydrogen-bond acceptors (Lipinski definition) is 7. The quantitative estimate of drug-likeness (QED) is 0.773. The third-order valence-corrected chi connectivity index (χ3v) is 6.03. The molecule has 0 aliphatic carbocycles. The minimum absolute atomic E-state index is 0.0288. The normalized spacial score (nSPS) is 25.1. The van der Waals surface area contributed by atoms with Gasteiger partial charge >= 0.3 is 11.8 Å². The lowest BCUT2D eigenvalue weighted by molar-refractivity contribution is 0.0482. The van der Waals surface area contributed by atoms with Crippen molar-refractivity contribution in [2.24, 2.45) is 5.92 Å². The molecule has 2 bridgehead atoms. The first kappa shape index (κ1) is 18.3. The van der Waals surface area contributed by atoms with Crippen LogP contribution in [0.1, 0.15) is 18.9 Å². The predicted molar refractivity (Wildman–Crippen MR) is 102 cm³/mol. The van der Waals surface area contributed by atoms with Crippen molar-refractivity contribution in [3.63, 3.8) is 0 Å². The second kappa shape index (κ2) is 6.96. The number of aromatic nitrogens is 2. The molecule has 6 rings (SSSR count). The van der Waals surface area contributed by atoms with Crippen LogP contribution in [0.15, 0.2) is 15.3 Å². The molecule has 2 N–H and O–H groups in total. The van der Waals surface area contributed by atoms with Crippen molar-refractivity contribution in [2.45, 2.75) is 18.9 Å². The van der Waals surface area contributed by atoms with Crippen molar-refractivity contribution in [2.75, 3.05) is 38.2 Å². The summed E-state index contributed by atoms with van der Waals surface area (Å²) in [6, 6.07) is 1.44. The fraction of sp³-hybridized carbons (Fsp3) is 0.500. The minimum atomic E-state index is -1.28. The van der Waals surface area contributed by atoms with Gasteiger partial charge in [0.25, 0.3) is 5.89 Å². The zero-order valence-corrected chi connectivity index (χ0v) is 16.1. The van der Waals surface area contributed by atoms with Gasteiger partial charge in [-0.05, 0) is 37.9 Å². The number of halogens is 1. The summed E-state index contributed by atoms with van der Waals surface area (Å²) in [4.78, 5) is 26.0. The number of piperidine rings is 3. The van der Waals surface area contributed by atoms with Crippen LogP contribution in [0, 0.1) is 5.92 Å². The van der Waals surface area contributed by atoms with Crippen LogP contribution < -0.4 is 20.5 Å². The van der Waals surface area contributed by atoms with Gasteiger partial charge in [0.1, 0.15) is 18.9 Å². The molecule has 10 nitrogen and oxygen atoms in total. The molecule has 3 saturated heterocycles. The number of carboxylic acid groups (broad SMARTS) is 1. The molecule has 29 heavy (non-hydrogen) atoms. The fourth-order valence-electron chi connectivity index (χ4n) is 4.38. The lowest BCUT2D eigenvalue weighted by atomic mass is 9.84. The van der Waals surface area contributed by atoms with E-state index in [-0.39, 0.29) is 47.4 Å². The molecule has 1 aromatic heterocycles. The Balaban J connectivity index is 1.57. The first-order valence-corrected chi connectivity index (χ1v) is 9.83. The molecule has 4 aliphatic heterocycles. The smallest absolute Gasteiger partial charge is 0.437 e. The van der Waals surface area contributed by atoms with Crippen LogP contribution in [0.4, 0.5) is 10.5 Å². The predicted octanol–water partition coefficient (Wildman–Crippen LogP) is 2.28. The summed E-state index contributed by atoms with van der Waals surface area (Å²) in [5.41, 5.74) is 0.426. The number of carbonyl (C=O) groups is 1. The summed E-state index contributed by atoms with van der Waals surface area (Å²) in [5, 5.41) is 15.8. The van der Waals surface area contributed by atoms with Gasteiger partial charge in [-0.3, -0.25) is 5.32 Å². The number of benzene rings is 1. The summed E-state index contributed by atoms with van der Waals surface area (Å²) in [5.74, 6) is 0.327. The van der Waals surface area contributed by atoms with E-state index in [1.807, 2.05) is 0 Å². The van der Waals surface area contributed by atoms with E-state index in [2.05, 4.69) is 15.3 Å². The molecule has 1 atom stereocenters. The Morgan fingerprint density at radius 3 is 2.62 bits per heavy atom. The highest BCUT2D eigenvalue weighted by Gasteiger charge is 2.38. The van der Waals surface area contributed by atoms with Crippen LogP contribution in [0.3, 0.4) is 0 Å². The maximum atomic E-state index is 12.6. The number of nitrogens with one attached hydrogen (secondary N) is 1. The summed E-state index contributed by atoms with van der Waals surface area (Å²) >= 11 is 6.28. The highest BCUT2D eigenvalue weighted by Crippen LogP contribution is 2.48. The minimum Gasteiger partial charge on any atom is -0.485 e. The Bertz CT molecular complexity index is 1030. The average Bonchev–Trinajstić information content (AvgIpc) is 3.12. The van der Waals surface area contributed by atoms with Crippen molar-refractivity contribution in [3.05, 3.63) is 21.6 Å². The van der Waals surface area contributed by atoms with Gasteiger partial charge in [-0.25, -0.2) is 9.59 Å². The number of hydrogen-bond donors (Lipinski definition) is 2. The summed E-state index contributed by atoms with van der Waals surface area (Å²) in [7, 11) is 0. The first-order valence-electron chi connectivity index (χ1n) is 9.45. The standard InChI is InChI=1S/C18H19ClN4O6/c19-11-7-10(14-15(28-6-5-27-14)13(11)20-17(24)25)16-21-23(18(26)29-16)12-8-22-3-1-9(12)2-4-22/h7,9,12,20H,1-6,8H2,(H,24,25)/t12-/m0/s1. The van der Waals surface area contributed by atoms with Crippen LogP contribution in [-0.2, 0) is 0 Å². The molecule has 3 fully saturated rings. The third kappa shape index (κ3) is 3.12. The topological polar surface area (TPSA) is 119 Å². The molecule has 5 heterocycles. The van der Waals surface area contributed by atoms with Crippen molar-refractivity contribution < 1.29 is 23.8 Å². The van der Waals surface area contributed by atoms with Gasteiger partial charge in [-0.1, -0.05) is 11.6 Å². The van der Waals surface area contributed by atoms with Crippen LogP contribution in [0.2, 0.25) is 5.02 Å². The Hall–Kier alpha value is -2.72. The van der Waals surface area contributed by atoms with E-state index >= 15 is 0 Å². The van der Waals surface area contributed by atoms with E-state index < -0.39 is 11.8 Å². The van der Waals surface area contributed by atoms with Crippen molar-refractivity contribution in [1.29, 1.82) is 0 Å². The average molecular weight is 423 g/mol. The first-order chi connectivity index (χ1) is 14.0. The maximum absolute atomic E-state index is 12.6. The zero-order valence-electron chi connectivity index (χ0n) is 15.4. The van der Waals surface area contributed by atoms with Gasteiger partial charge in [0.15, 0.2) is 11.5 Å². The van der Waals surface area contributed by atoms with Crippen LogP contribution >= 0.6 is 11.6 Å². The van der Waals surface area contributed by atoms with Gasteiger partial charge in [0.2, 0.25) is 0 Å². The molecule has 0 spiro atoms. The SMILES string of the molecule is O=C(O)Nc1c(Cl)cc(-c2nn([C@H]3CN4CCC3CC4)c(=O)o2)c2c1OCCO2. The Kier molecular flexibility index (Phi) is 4.39. The summed E-state index contributed by atoms with van der Waals surface area (Å²) < 4.78 is 18.2. The highest BCUT2D eigenvalue weighted by molar-refractivity contribution is 6.34. The molecule has 1 amide bonds. The molecular formula is C18H19ClN4O6. The third-order valence-electron chi connectivity index (χ3n) is 5.73. The Morgan fingerprint density at radius 2 is 1.97 bits per heavy atom. The molecule has 0 radical (unpaired) electrons. The molecule has 2 aromatic rings. The maximum Gasteiger partial charge on any atom is 0.437 e. The van der Waals surface area contributed by atoms with E-state index in [1.165, 1.54) is 10.7 Å². The van der Waals surface area contributed by atoms with Crippen LogP contribution in [0.5, 0.6) is 11.5 Å². The van der Waals surface area contributed by atoms with Crippen molar-refractivity contribution in [1.82, 2.24) is 14.7 Å². The molecule has 154 valence electrons. The molecule has 0 unspecified atom stereocenters. The van der Waals surface area contributed by atoms with Gasteiger partial charge in [-0.15, -0.1) is 5.10 Å². The summed E-state index contributed by atoms with van der Waals surface area (Å²) in [6.45, 7) is 3.37. The van der Waals surface area contributed by atoms with Crippen molar-refractivity contribution >= 4 is 23.4 Å².